The van der Waals surface area contributed by atoms with Crippen LogP contribution in [-0.2, 0) is 15.8 Å². The molecule has 178 valence electrons. The number of methoxy groups -OCH3 is 1. The number of carbonyl (C=O) groups is 2. The minimum absolute atomic E-state index is 0.000938. The zero-order valence-electron chi connectivity index (χ0n) is 18.1. The monoisotopic (exact) mass is 473 g/mol. The summed E-state index contributed by atoms with van der Waals surface area (Å²) in [6, 6.07) is 17.7. The highest BCUT2D eigenvalue weighted by molar-refractivity contribution is 5.93. The normalized spacial score (nSPS) is 12.0. The van der Waals surface area contributed by atoms with E-state index in [0.717, 1.165) is 18.2 Å². The molecule has 3 rings (SSSR count). The second-order valence-electron chi connectivity index (χ2n) is 7.44. The average molecular weight is 473 g/mol. The van der Waals surface area contributed by atoms with E-state index < -0.39 is 29.5 Å². The number of carboxylic acids is 1. The third-order valence-electron chi connectivity index (χ3n) is 4.99. The number of carbonyl (C=O) groups excluding carboxylic acids is 1. The largest absolute Gasteiger partial charge is 0.497 e. The van der Waals surface area contributed by atoms with E-state index in [1.54, 1.807) is 54.6 Å². The Hall–Kier alpha value is -4.01. The van der Waals surface area contributed by atoms with Crippen LogP contribution in [0.3, 0.4) is 0 Å². The summed E-state index contributed by atoms with van der Waals surface area (Å²) in [5, 5.41) is 11.7. The highest BCUT2D eigenvalue weighted by atomic mass is 19.4. The molecule has 9 heteroatoms. The molecule has 1 atom stereocenters. The predicted molar refractivity (Wildman–Crippen MR) is 119 cm³/mol. The van der Waals surface area contributed by atoms with E-state index in [2.05, 4.69) is 5.32 Å². The first-order valence-corrected chi connectivity index (χ1v) is 10.3. The molecule has 0 saturated carbocycles. The molecule has 0 saturated heterocycles. The van der Waals surface area contributed by atoms with Gasteiger partial charge in [-0.3, -0.25) is 9.59 Å². The van der Waals surface area contributed by atoms with E-state index in [4.69, 9.17) is 9.47 Å². The van der Waals surface area contributed by atoms with Crippen LogP contribution in [0, 0.1) is 0 Å². The molecular formula is C25H22F3NO5. The van der Waals surface area contributed by atoms with Crippen LogP contribution < -0.4 is 14.8 Å². The molecule has 0 aliphatic heterocycles. The summed E-state index contributed by atoms with van der Waals surface area (Å²) in [6.45, 7) is 0. The molecule has 0 fully saturated rings. The highest BCUT2D eigenvalue weighted by Gasteiger charge is 2.31. The zero-order chi connectivity index (χ0) is 24.7. The van der Waals surface area contributed by atoms with Crippen LogP contribution >= 0.6 is 0 Å². The molecular weight excluding hydrogens is 451 g/mol. The lowest BCUT2D eigenvalue weighted by Gasteiger charge is -2.18. The molecule has 0 aliphatic carbocycles. The van der Waals surface area contributed by atoms with Crippen LogP contribution in [0.5, 0.6) is 17.2 Å². The minimum Gasteiger partial charge on any atom is -0.497 e. The first-order chi connectivity index (χ1) is 16.2. The van der Waals surface area contributed by atoms with Crippen LogP contribution in [0.15, 0.2) is 72.8 Å². The summed E-state index contributed by atoms with van der Waals surface area (Å²) in [7, 11) is 1.49. The third kappa shape index (κ3) is 6.74. The lowest BCUT2D eigenvalue weighted by atomic mass is 9.92. The van der Waals surface area contributed by atoms with E-state index >= 15 is 0 Å². The van der Waals surface area contributed by atoms with Crippen LogP contribution in [0.25, 0.3) is 0 Å². The van der Waals surface area contributed by atoms with Crippen molar-refractivity contribution in [1.29, 1.82) is 0 Å². The van der Waals surface area contributed by atoms with Crippen molar-refractivity contribution in [3.63, 3.8) is 0 Å². The molecule has 6 nitrogen and oxygen atoms in total. The fourth-order valence-corrected chi connectivity index (χ4v) is 3.33. The first kappa shape index (κ1) is 24.6. The molecule has 0 aromatic heterocycles. The third-order valence-corrected chi connectivity index (χ3v) is 4.99. The number of rotatable bonds is 9. The number of hydrogen-bond acceptors (Lipinski definition) is 4. The lowest BCUT2D eigenvalue weighted by molar-refractivity contribution is -0.138. The summed E-state index contributed by atoms with van der Waals surface area (Å²) in [6.07, 6.45) is -5.18. The number of carboxylic acid groups (broad SMARTS) is 1. The fourth-order valence-electron chi connectivity index (χ4n) is 3.33. The van der Waals surface area contributed by atoms with Gasteiger partial charge >= 0.3 is 12.1 Å². The second-order valence-corrected chi connectivity index (χ2v) is 7.44. The number of anilines is 1. The summed E-state index contributed by atoms with van der Waals surface area (Å²) in [4.78, 5) is 24.1. The van der Waals surface area contributed by atoms with Gasteiger partial charge in [0.1, 0.15) is 11.5 Å². The van der Waals surface area contributed by atoms with Gasteiger partial charge in [-0.15, -0.1) is 0 Å². The Balaban J connectivity index is 1.86. The Bertz CT molecular complexity index is 1130. The van der Waals surface area contributed by atoms with Crippen molar-refractivity contribution < 1.29 is 37.3 Å². The van der Waals surface area contributed by atoms with Crippen molar-refractivity contribution in [1.82, 2.24) is 0 Å². The molecule has 0 spiro atoms. The second kappa shape index (κ2) is 10.7. The van der Waals surface area contributed by atoms with Crippen LogP contribution in [-0.4, -0.2) is 24.1 Å². The van der Waals surface area contributed by atoms with Gasteiger partial charge in [-0.25, -0.2) is 0 Å². The minimum atomic E-state index is -4.63. The van der Waals surface area contributed by atoms with E-state index in [9.17, 15) is 27.9 Å². The predicted octanol–water partition coefficient (Wildman–Crippen LogP) is 6.09. The summed E-state index contributed by atoms with van der Waals surface area (Å²) in [5.41, 5.74) is -0.508. The van der Waals surface area contributed by atoms with Gasteiger partial charge in [0.05, 0.1) is 24.8 Å². The topological polar surface area (TPSA) is 84.9 Å². The SMILES string of the molecule is COc1ccc(Oc2ccc(C(F)(F)F)cc2NC(=O)C[C@H](CC(=O)O)c2ccccc2)cc1. The van der Waals surface area contributed by atoms with E-state index in [-0.39, 0.29) is 24.3 Å². The van der Waals surface area contributed by atoms with Gasteiger partial charge in [0.25, 0.3) is 0 Å². The summed E-state index contributed by atoms with van der Waals surface area (Å²) >= 11 is 0. The molecule has 0 unspecified atom stereocenters. The number of ether oxygens (including phenoxy) is 2. The number of amides is 1. The molecule has 0 aliphatic rings. The molecule has 0 radical (unpaired) electrons. The maximum atomic E-state index is 13.3. The van der Waals surface area contributed by atoms with Crippen molar-refractivity contribution in [3.8, 4) is 17.2 Å². The molecule has 3 aromatic rings. The quantitative estimate of drug-likeness (QED) is 0.393. The van der Waals surface area contributed by atoms with Crippen LogP contribution in [0.4, 0.5) is 18.9 Å². The molecule has 3 aromatic carbocycles. The van der Waals surface area contributed by atoms with E-state index in [1.165, 1.54) is 7.11 Å². The Kier molecular flexibility index (Phi) is 7.78. The smallest absolute Gasteiger partial charge is 0.416 e. The Morgan fingerprint density at radius 1 is 0.941 bits per heavy atom. The number of nitrogens with one attached hydrogen (secondary N) is 1. The van der Waals surface area contributed by atoms with E-state index in [0.29, 0.717) is 17.1 Å². The first-order valence-electron chi connectivity index (χ1n) is 10.3. The maximum absolute atomic E-state index is 13.3. The summed E-state index contributed by atoms with van der Waals surface area (Å²) < 4.78 is 50.6. The average Bonchev–Trinajstić information content (AvgIpc) is 2.80. The van der Waals surface area contributed by atoms with Crippen LogP contribution in [0.2, 0.25) is 0 Å². The molecule has 0 bridgehead atoms. The fraction of sp³-hybridized carbons (Fsp3) is 0.200. The Labute approximate surface area is 193 Å². The molecule has 1 amide bonds. The van der Waals surface area contributed by atoms with Gasteiger partial charge in [0.2, 0.25) is 5.91 Å². The van der Waals surface area contributed by atoms with Crippen molar-refractivity contribution >= 4 is 17.6 Å². The number of alkyl halides is 3. The molecule has 34 heavy (non-hydrogen) atoms. The Morgan fingerprint density at radius 2 is 1.59 bits per heavy atom. The van der Waals surface area contributed by atoms with Crippen LogP contribution in [0.1, 0.15) is 29.9 Å². The zero-order valence-corrected chi connectivity index (χ0v) is 18.1. The van der Waals surface area contributed by atoms with Gasteiger partial charge in [-0.05, 0) is 48.0 Å². The number of hydrogen-bond donors (Lipinski definition) is 2. The van der Waals surface area contributed by atoms with Gasteiger partial charge in [-0.2, -0.15) is 13.2 Å². The highest BCUT2D eigenvalue weighted by Crippen LogP contribution is 2.37. The van der Waals surface area contributed by atoms with Crippen molar-refractivity contribution in [2.24, 2.45) is 0 Å². The maximum Gasteiger partial charge on any atom is 0.416 e. The molecule has 0 heterocycles. The van der Waals surface area contributed by atoms with Gasteiger partial charge in [-0.1, -0.05) is 30.3 Å². The van der Waals surface area contributed by atoms with Gasteiger partial charge in [0, 0.05) is 12.3 Å². The molecule has 2 N–H and O–H groups in total. The number of benzene rings is 3. The Morgan fingerprint density at radius 3 is 2.18 bits per heavy atom. The number of aliphatic carboxylic acids is 1. The van der Waals surface area contributed by atoms with Gasteiger partial charge in [0.15, 0.2) is 5.75 Å². The van der Waals surface area contributed by atoms with Crippen molar-refractivity contribution in [2.75, 3.05) is 12.4 Å². The lowest BCUT2D eigenvalue weighted by Crippen LogP contribution is -2.18. The van der Waals surface area contributed by atoms with Crippen molar-refractivity contribution in [2.45, 2.75) is 24.9 Å². The standard InChI is InChI=1S/C25H22F3NO5/c1-33-19-8-10-20(11-9-19)34-22-12-7-18(25(26,27)28)15-21(22)29-23(30)13-17(14-24(31)32)16-5-3-2-4-6-16/h2-12,15,17H,13-14H2,1H3,(H,29,30)(H,31,32)/t17-/m1/s1. The van der Waals surface area contributed by atoms with Crippen molar-refractivity contribution in [3.05, 3.63) is 83.9 Å². The summed E-state index contributed by atoms with van der Waals surface area (Å²) in [5.74, 6) is -1.50. The van der Waals surface area contributed by atoms with E-state index in [1.807, 2.05) is 0 Å². The number of halogens is 3. The van der Waals surface area contributed by atoms with Gasteiger partial charge < -0.3 is 19.9 Å².